The summed E-state index contributed by atoms with van der Waals surface area (Å²) >= 11 is 6.19. The highest BCUT2D eigenvalue weighted by Crippen LogP contribution is 2.36. The predicted octanol–water partition coefficient (Wildman–Crippen LogP) is 5.48. The average molecular weight is 654 g/mol. The Hall–Kier alpha value is -5.33. The average Bonchev–Trinajstić information content (AvgIpc) is 3.43. The largest absolute Gasteiger partial charge is 0.397 e. The number of rotatable bonds is 5. The van der Waals surface area contributed by atoms with E-state index in [4.69, 9.17) is 23.2 Å². The van der Waals surface area contributed by atoms with Crippen molar-refractivity contribution in [3.63, 3.8) is 0 Å². The first-order valence-corrected chi connectivity index (χ1v) is 15.4. The van der Waals surface area contributed by atoms with Gasteiger partial charge in [0.05, 0.1) is 63.3 Å². The second-order valence-corrected chi connectivity index (χ2v) is 11.9. The molecule has 2 atom stereocenters. The Labute approximate surface area is 275 Å². The molecule has 6 rings (SSSR count). The van der Waals surface area contributed by atoms with Crippen molar-refractivity contribution in [1.29, 1.82) is 0 Å². The number of hydrogen-bond acceptors (Lipinski definition) is 8. The van der Waals surface area contributed by atoms with Gasteiger partial charge in [0, 0.05) is 37.0 Å². The van der Waals surface area contributed by atoms with Gasteiger partial charge < -0.3 is 11.1 Å². The quantitative estimate of drug-likeness (QED) is 0.167. The van der Waals surface area contributed by atoms with E-state index in [0.717, 1.165) is 11.1 Å². The Balaban J connectivity index is 1.41. The fourth-order valence-corrected chi connectivity index (χ4v) is 5.95. The lowest BCUT2D eigenvalue weighted by Gasteiger charge is -2.23. The molecule has 47 heavy (non-hydrogen) atoms. The van der Waals surface area contributed by atoms with E-state index in [9.17, 15) is 9.59 Å². The molecule has 4 heterocycles. The molecule has 0 saturated heterocycles. The fraction of sp³-hybridized carbons (Fsp3) is 0.206. The van der Waals surface area contributed by atoms with Crippen molar-refractivity contribution in [2.45, 2.75) is 32.2 Å². The molecular formula is C34H33ClFN9O2. The van der Waals surface area contributed by atoms with Gasteiger partial charge in [0.2, 0.25) is 5.91 Å². The zero-order valence-electron chi connectivity index (χ0n) is 25.8. The van der Waals surface area contributed by atoms with Crippen molar-refractivity contribution in [3.05, 3.63) is 118 Å². The van der Waals surface area contributed by atoms with E-state index in [-0.39, 0.29) is 33.8 Å². The fourth-order valence-electron chi connectivity index (χ4n) is 5.79. The van der Waals surface area contributed by atoms with Crippen LogP contribution in [0.15, 0.2) is 90.4 Å². The number of nitrogens with two attached hydrogens (primary N) is 2. The number of halogens is 2. The number of anilines is 2. The normalized spacial score (nSPS) is 16.9. The number of hydrazine groups is 1. The van der Waals surface area contributed by atoms with Crippen LogP contribution in [-0.2, 0) is 11.8 Å². The van der Waals surface area contributed by atoms with Crippen LogP contribution in [0, 0.1) is 11.7 Å². The summed E-state index contributed by atoms with van der Waals surface area (Å²) in [5.41, 5.74) is 9.82. The number of benzene rings is 2. The van der Waals surface area contributed by atoms with E-state index >= 15 is 4.39 Å². The summed E-state index contributed by atoms with van der Waals surface area (Å²) < 4.78 is 18.8. The smallest absolute Gasteiger partial charge is 0.254 e. The van der Waals surface area contributed by atoms with Crippen LogP contribution in [0.4, 0.5) is 15.8 Å². The maximum absolute atomic E-state index is 15.7. The number of amides is 1. The molecule has 1 aliphatic heterocycles. The summed E-state index contributed by atoms with van der Waals surface area (Å²) in [5, 5.41) is 8.37. The minimum Gasteiger partial charge on any atom is -0.397 e. The van der Waals surface area contributed by atoms with Gasteiger partial charge in [0.1, 0.15) is 0 Å². The minimum absolute atomic E-state index is 0.0445. The van der Waals surface area contributed by atoms with Gasteiger partial charge in [-0.3, -0.25) is 28.8 Å². The van der Waals surface area contributed by atoms with Crippen molar-refractivity contribution >= 4 is 34.6 Å². The molecule has 1 amide bonds. The third-order valence-electron chi connectivity index (χ3n) is 8.32. The van der Waals surface area contributed by atoms with Crippen LogP contribution in [0.25, 0.3) is 28.2 Å². The molecule has 13 heteroatoms. The topological polar surface area (TPSA) is 150 Å². The number of carbonyl (C=O) groups excluding carboxylic acids is 1. The Morgan fingerprint density at radius 3 is 2.66 bits per heavy atom. The van der Waals surface area contributed by atoms with Crippen LogP contribution >= 0.6 is 11.6 Å². The van der Waals surface area contributed by atoms with Gasteiger partial charge in [-0.1, -0.05) is 55.3 Å². The third-order valence-corrected chi connectivity index (χ3v) is 8.61. The Kier molecular flexibility index (Phi) is 8.88. The molecule has 0 saturated carbocycles. The van der Waals surface area contributed by atoms with Gasteiger partial charge >= 0.3 is 0 Å². The summed E-state index contributed by atoms with van der Waals surface area (Å²) in [6, 6.07) is 16.5. The van der Waals surface area contributed by atoms with Crippen molar-refractivity contribution < 1.29 is 9.18 Å². The lowest BCUT2D eigenvalue weighted by molar-refractivity contribution is -0.119. The number of nitrogens with one attached hydrogen (secondary N) is 1. The van der Waals surface area contributed by atoms with Crippen molar-refractivity contribution in [2.24, 2.45) is 24.5 Å². The van der Waals surface area contributed by atoms with Crippen molar-refractivity contribution in [1.82, 2.24) is 24.3 Å². The van der Waals surface area contributed by atoms with Crippen LogP contribution in [0.3, 0.4) is 0 Å². The zero-order valence-corrected chi connectivity index (χ0v) is 26.5. The predicted molar refractivity (Wildman–Crippen MR) is 180 cm³/mol. The van der Waals surface area contributed by atoms with Gasteiger partial charge in [-0.05, 0) is 42.7 Å². The van der Waals surface area contributed by atoms with Gasteiger partial charge in [0.25, 0.3) is 5.56 Å². The highest BCUT2D eigenvalue weighted by molar-refractivity contribution is 6.31. The number of fused-ring (bicyclic) bond motifs is 4. The minimum atomic E-state index is -0.782. The Morgan fingerprint density at radius 2 is 1.89 bits per heavy atom. The molecule has 11 nitrogen and oxygen atoms in total. The van der Waals surface area contributed by atoms with Crippen molar-refractivity contribution in [3.8, 4) is 22.5 Å². The van der Waals surface area contributed by atoms with Crippen LogP contribution in [0.5, 0.6) is 0 Å². The van der Waals surface area contributed by atoms with Gasteiger partial charge in [-0.15, -0.1) is 0 Å². The lowest BCUT2D eigenvalue weighted by atomic mass is 9.97. The SMILES string of the molecule is CC1CCCC(n2cnc(-c3c(N(N)/C=C(\N)c4ccccc4)ccc(Cl)c3F)cc2=O)c2cc(ccn2)-c2c(cnn2C)NC1=O. The standard InChI is InChI=1S/C34H33ClFN9O2/c1-20-7-6-10-28(25-15-22(13-14-39-25)33-27(42-34(20)47)17-41-43(33)2)44-19-40-26(16-30(44)46)31-29(12-11-23(35)32(31)36)45(38)18-24(37)21-8-4-3-5-9-21/h3-5,8-9,11-20,28H,6-7,10,37-38H2,1-2H3,(H,42,47)/b24-18-. The number of aromatic nitrogens is 5. The molecule has 0 aliphatic carbocycles. The Morgan fingerprint density at radius 1 is 1.11 bits per heavy atom. The van der Waals surface area contributed by atoms with E-state index in [1.54, 1.807) is 24.1 Å². The molecule has 2 aromatic carbocycles. The number of carbonyl (C=O) groups is 1. The molecule has 3 aromatic heterocycles. The number of nitrogens with zero attached hydrogens (tertiary/aromatic N) is 6. The summed E-state index contributed by atoms with van der Waals surface area (Å²) in [6.07, 6.45) is 7.84. The van der Waals surface area contributed by atoms with Crippen LogP contribution < -0.4 is 27.5 Å². The summed E-state index contributed by atoms with van der Waals surface area (Å²) in [4.78, 5) is 36.0. The first-order chi connectivity index (χ1) is 22.6. The second-order valence-electron chi connectivity index (χ2n) is 11.5. The summed E-state index contributed by atoms with van der Waals surface area (Å²) in [5.74, 6) is 5.20. The van der Waals surface area contributed by atoms with E-state index in [1.165, 1.54) is 40.3 Å². The first-order valence-electron chi connectivity index (χ1n) is 15.0. The number of hydrogen-bond donors (Lipinski definition) is 3. The highest BCUT2D eigenvalue weighted by atomic mass is 35.5. The molecule has 1 aliphatic rings. The number of aryl methyl sites for hydroxylation is 1. The molecule has 240 valence electrons. The molecule has 2 bridgehead atoms. The molecule has 0 fully saturated rings. The van der Waals surface area contributed by atoms with E-state index < -0.39 is 17.4 Å². The zero-order chi connectivity index (χ0) is 33.2. The maximum atomic E-state index is 15.7. The maximum Gasteiger partial charge on any atom is 0.254 e. The van der Waals surface area contributed by atoms with Crippen LogP contribution in [0.2, 0.25) is 5.02 Å². The molecule has 5 N–H and O–H groups in total. The van der Waals surface area contributed by atoms with E-state index in [2.05, 4.69) is 20.4 Å². The monoisotopic (exact) mass is 653 g/mol. The Bertz CT molecular complexity index is 2040. The highest BCUT2D eigenvalue weighted by Gasteiger charge is 2.25. The van der Waals surface area contributed by atoms with Gasteiger partial charge in [0.15, 0.2) is 5.82 Å². The summed E-state index contributed by atoms with van der Waals surface area (Å²) in [6.45, 7) is 1.87. The molecule has 0 radical (unpaired) electrons. The van der Waals surface area contributed by atoms with Gasteiger partial charge in [-0.2, -0.15) is 5.10 Å². The van der Waals surface area contributed by atoms with Crippen molar-refractivity contribution in [2.75, 3.05) is 10.3 Å². The van der Waals surface area contributed by atoms with E-state index in [1.807, 2.05) is 49.4 Å². The number of pyridine rings is 1. The molecule has 0 spiro atoms. The van der Waals surface area contributed by atoms with Crippen LogP contribution in [-0.4, -0.2) is 30.2 Å². The molecule has 5 aromatic rings. The van der Waals surface area contributed by atoms with Gasteiger partial charge in [-0.25, -0.2) is 15.2 Å². The van der Waals surface area contributed by atoms with Crippen LogP contribution in [0.1, 0.15) is 43.5 Å². The molecule has 2 unspecified atom stereocenters. The first kappa shape index (κ1) is 31.6. The van der Waals surface area contributed by atoms with E-state index in [0.29, 0.717) is 42.0 Å². The summed E-state index contributed by atoms with van der Waals surface area (Å²) in [7, 11) is 1.79. The third kappa shape index (κ3) is 6.38. The lowest BCUT2D eigenvalue weighted by Crippen LogP contribution is -2.28. The second kappa shape index (κ2) is 13.2. The molecular weight excluding hydrogens is 621 g/mol.